The maximum Gasteiger partial charge on any atom is 0.407 e. The van der Waals surface area contributed by atoms with E-state index < -0.39 is 5.60 Å². The van der Waals surface area contributed by atoms with Gasteiger partial charge in [-0.15, -0.1) is 0 Å². The van der Waals surface area contributed by atoms with Gasteiger partial charge >= 0.3 is 6.09 Å². The summed E-state index contributed by atoms with van der Waals surface area (Å²) < 4.78 is 5.16. The molecular weight excluding hydrogens is 413 g/mol. The molecule has 2 amide bonds. The molecule has 6 nitrogen and oxygen atoms in total. The third-order valence-corrected chi connectivity index (χ3v) is 5.41. The standard InChI is InChI=1S/C11H11Cl2NO.C10H20N2O2/c12-10-3-1-2-8(11(10)13)6-14(7-15)9-4-5-9;1-10(2,3)14-9(13)12-8-5-4-6-11-7-8/h1-3,7,9H,4-6H2;8,11H,4-7H2,1-3H3,(H,12,13). The first-order valence-corrected chi connectivity index (χ1v) is 10.8. The van der Waals surface area contributed by atoms with E-state index >= 15 is 0 Å². The Morgan fingerprint density at radius 3 is 2.59 bits per heavy atom. The molecule has 1 aromatic carbocycles. The van der Waals surface area contributed by atoms with Crippen LogP contribution in [0.2, 0.25) is 10.0 Å². The summed E-state index contributed by atoms with van der Waals surface area (Å²) in [6.07, 6.45) is 4.90. The Morgan fingerprint density at radius 2 is 2.03 bits per heavy atom. The summed E-state index contributed by atoms with van der Waals surface area (Å²) in [6, 6.07) is 6.11. The minimum Gasteiger partial charge on any atom is -0.444 e. The average molecular weight is 444 g/mol. The van der Waals surface area contributed by atoms with Crippen LogP contribution in [0.5, 0.6) is 0 Å². The van der Waals surface area contributed by atoms with Crippen LogP contribution in [0.3, 0.4) is 0 Å². The number of ether oxygens (including phenoxy) is 1. The van der Waals surface area contributed by atoms with Crippen LogP contribution < -0.4 is 10.6 Å². The number of nitrogens with one attached hydrogen (secondary N) is 2. The van der Waals surface area contributed by atoms with Crippen molar-refractivity contribution in [1.29, 1.82) is 0 Å². The number of piperidine rings is 1. The van der Waals surface area contributed by atoms with Crippen molar-refractivity contribution in [1.82, 2.24) is 15.5 Å². The highest BCUT2D eigenvalue weighted by Crippen LogP contribution is 2.30. The van der Waals surface area contributed by atoms with Gasteiger partial charge in [0.15, 0.2) is 0 Å². The summed E-state index contributed by atoms with van der Waals surface area (Å²) in [4.78, 5) is 24.0. The zero-order valence-electron chi connectivity index (χ0n) is 17.3. The van der Waals surface area contributed by atoms with E-state index in [9.17, 15) is 9.59 Å². The van der Waals surface area contributed by atoms with Crippen molar-refractivity contribution in [3.63, 3.8) is 0 Å². The second kappa shape index (κ2) is 11.0. The molecule has 1 aliphatic heterocycles. The largest absolute Gasteiger partial charge is 0.444 e. The van der Waals surface area contributed by atoms with Gasteiger partial charge in [0, 0.05) is 25.2 Å². The smallest absolute Gasteiger partial charge is 0.407 e. The Kier molecular flexibility index (Phi) is 9.05. The quantitative estimate of drug-likeness (QED) is 0.662. The Labute approximate surface area is 183 Å². The summed E-state index contributed by atoms with van der Waals surface area (Å²) >= 11 is 11.9. The molecule has 1 unspecified atom stereocenters. The molecular formula is C21H31Cl2N3O3. The topological polar surface area (TPSA) is 70.7 Å². The van der Waals surface area contributed by atoms with E-state index in [1.165, 1.54) is 0 Å². The van der Waals surface area contributed by atoms with Gasteiger partial charge in [0.1, 0.15) is 5.60 Å². The van der Waals surface area contributed by atoms with Crippen molar-refractivity contribution in [3.05, 3.63) is 33.8 Å². The number of benzene rings is 1. The van der Waals surface area contributed by atoms with Gasteiger partial charge < -0.3 is 20.3 Å². The lowest BCUT2D eigenvalue weighted by Gasteiger charge is -2.26. The average Bonchev–Trinajstić information content (AvgIpc) is 3.48. The zero-order valence-corrected chi connectivity index (χ0v) is 18.9. The minimum atomic E-state index is -0.411. The number of alkyl carbamates (subject to hydrolysis) is 1. The van der Waals surface area contributed by atoms with Crippen LogP contribution in [0.25, 0.3) is 0 Å². The lowest BCUT2D eigenvalue weighted by atomic mass is 10.1. The van der Waals surface area contributed by atoms with Crippen LogP contribution in [-0.4, -0.2) is 48.2 Å². The predicted octanol–water partition coefficient (Wildman–Crippen LogP) is 4.38. The first-order chi connectivity index (χ1) is 13.7. The third-order valence-electron chi connectivity index (χ3n) is 4.55. The Balaban J connectivity index is 0.000000208. The van der Waals surface area contributed by atoms with Crippen LogP contribution in [0.1, 0.15) is 52.0 Å². The van der Waals surface area contributed by atoms with Gasteiger partial charge in [0.2, 0.25) is 6.41 Å². The lowest BCUT2D eigenvalue weighted by Crippen LogP contribution is -2.47. The SMILES string of the molecule is CC(C)(C)OC(=O)NC1CCCNC1.O=CN(Cc1cccc(Cl)c1Cl)C1CC1. The van der Waals surface area contributed by atoms with Crippen LogP contribution in [0, 0.1) is 0 Å². The molecule has 1 atom stereocenters. The summed E-state index contributed by atoms with van der Waals surface area (Å²) in [6.45, 7) is 8.04. The van der Waals surface area contributed by atoms with Crippen molar-refractivity contribution < 1.29 is 14.3 Å². The first kappa shape index (κ1) is 23.8. The molecule has 0 bridgehead atoms. The van der Waals surface area contributed by atoms with Crippen molar-refractivity contribution in [3.8, 4) is 0 Å². The van der Waals surface area contributed by atoms with Gasteiger partial charge in [-0.1, -0.05) is 35.3 Å². The molecule has 162 valence electrons. The summed E-state index contributed by atoms with van der Waals surface area (Å²) in [5, 5.41) is 7.17. The van der Waals surface area contributed by atoms with Crippen molar-refractivity contribution in [2.24, 2.45) is 0 Å². The van der Waals surface area contributed by atoms with Crippen molar-refractivity contribution >= 4 is 35.7 Å². The molecule has 0 spiro atoms. The minimum absolute atomic E-state index is 0.221. The Morgan fingerprint density at radius 1 is 1.31 bits per heavy atom. The van der Waals surface area contributed by atoms with Gasteiger partial charge in [-0.25, -0.2) is 4.79 Å². The van der Waals surface area contributed by atoms with E-state index in [1.807, 2.05) is 32.9 Å². The molecule has 2 N–H and O–H groups in total. The molecule has 2 aliphatic rings. The fourth-order valence-electron chi connectivity index (χ4n) is 2.98. The van der Waals surface area contributed by atoms with Crippen molar-refractivity contribution in [2.45, 2.75) is 70.7 Å². The molecule has 1 saturated heterocycles. The second-order valence-electron chi connectivity index (χ2n) is 8.41. The fourth-order valence-corrected chi connectivity index (χ4v) is 3.35. The Hall–Kier alpha value is -1.50. The number of nitrogens with zero attached hydrogens (tertiary/aromatic N) is 1. The second-order valence-corrected chi connectivity index (χ2v) is 9.20. The first-order valence-electron chi connectivity index (χ1n) is 10.0. The molecule has 29 heavy (non-hydrogen) atoms. The number of hydrogen-bond acceptors (Lipinski definition) is 4. The normalized spacial score (nSPS) is 18.9. The van der Waals surface area contributed by atoms with Gasteiger partial charge in [0.05, 0.1) is 10.0 Å². The molecule has 1 saturated carbocycles. The maximum atomic E-state index is 11.4. The van der Waals surface area contributed by atoms with Crippen LogP contribution in [-0.2, 0) is 16.1 Å². The van der Waals surface area contributed by atoms with Gasteiger partial charge in [0.25, 0.3) is 0 Å². The highest BCUT2D eigenvalue weighted by Gasteiger charge is 2.28. The van der Waals surface area contributed by atoms with E-state index in [0.29, 0.717) is 22.6 Å². The highest BCUT2D eigenvalue weighted by molar-refractivity contribution is 6.42. The summed E-state index contributed by atoms with van der Waals surface area (Å²) in [7, 11) is 0. The highest BCUT2D eigenvalue weighted by atomic mass is 35.5. The van der Waals surface area contributed by atoms with Crippen LogP contribution in [0.4, 0.5) is 4.79 Å². The fraction of sp³-hybridized carbons (Fsp3) is 0.619. The molecule has 3 rings (SSSR count). The number of hydrogen-bond donors (Lipinski definition) is 2. The van der Waals surface area contributed by atoms with Gasteiger partial charge in [-0.05, 0) is 64.6 Å². The van der Waals surface area contributed by atoms with Crippen LogP contribution in [0.15, 0.2) is 18.2 Å². The molecule has 0 radical (unpaired) electrons. The van der Waals surface area contributed by atoms with Crippen LogP contribution >= 0.6 is 23.2 Å². The number of halogens is 2. The molecule has 0 aromatic heterocycles. The van der Waals surface area contributed by atoms with Gasteiger partial charge in [-0.2, -0.15) is 0 Å². The third kappa shape index (κ3) is 8.81. The monoisotopic (exact) mass is 443 g/mol. The molecule has 1 heterocycles. The molecule has 8 heteroatoms. The summed E-state index contributed by atoms with van der Waals surface area (Å²) in [5.74, 6) is 0. The molecule has 2 fully saturated rings. The van der Waals surface area contributed by atoms with Crippen molar-refractivity contribution in [2.75, 3.05) is 13.1 Å². The number of amides is 2. The molecule has 1 aliphatic carbocycles. The molecule has 1 aromatic rings. The summed E-state index contributed by atoms with van der Waals surface area (Å²) in [5.41, 5.74) is 0.495. The lowest BCUT2D eigenvalue weighted by molar-refractivity contribution is -0.119. The van der Waals surface area contributed by atoms with Gasteiger partial charge in [-0.3, -0.25) is 4.79 Å². The number of carbonyl (C=O) groups excluding carboxylic acids is 2. The van der Waals surface area contributed by atoms with E-state index in [1.54, 1.807) is 11.0 Å². The maximum absolute atomic E-state index is 11.4. The van der Waals surface area contributed by atoms with E-state index in [-0.39, 0.29) is 12.1 Å². The Bertz CT molecular complexity index is 684. The van der Waals surface area contributed by atoms with E-state index in [0.717, 1.165) is 50.7 Å². The van der Waals surface area contributed by atoms with E-state index in [2.05, 4.69) is 10.6 Å². The number of carbonyl (C=O) groups is 2. The number of rotatable bonds is 5. The predicted molar refractivity (Wildman–Crippen MR) is 116 cm³/mol. The zero-order chi connectivity index (χ0) is 21.4. The van der Waals surface area contributed by atoms with E-state index in [4.69, 9.17) is 27.9 Å².